The highest BCUT2D eigenvalue weighted by Gasteiger charge is 2.13. The normalized spacial score (nSPS) is 10.9. The average molecular weight is 248 g/mol. The second-order valence-corrected chi connectivity index (χ2v) is 5.06. The fraction of sp³-hybridized carbons (Fsp3) is 0.467. The number of phenolic OH excluding ortho intramolecular Hbond substituents is 1. The summed E-state index contributed by atoms with van der Waals surface area (Å²) in [5.41, 5.74) is 1.03. The van der Waals surface area contributed by atoms with Crippen LogP contribution in [0.15, 0.2) is 24.3 Å². The number of aromatic hydroxyl groups is 1. The Morgan fingerprint density at radius 2 is 1.89 bits per heavy atom. The van der Waals surface area contributed by atoms with E-state index in [1.165, 1.54) is 0 Å². The first-order valence-electron chi connectivity index (χ1n) is 6.37. The number of benzene rings is 1. The summed E-state index contributed by atoms with van der Waals surface area (Å²) in [5.74, 6) is 1.66. The van der Waals surface area contributed by atoms with E-state index in [0.717, 1.165) is 24.4 Å². The summed E-state index contributed by atoms with van der Waals surface area (Å²) >= 11 is 0. The summed E-state index contributed by atoms with van der Waals surface area (Å²) in [7, 11) is 0. The van der Waals surface area contributed by atoms with Gasteiger partial charge in [-0.2, -0.15) is 0 Å². The van der Waals surface area contributed by atoms with Crippen molar-refractivity contribution in [1.29, 1.82) is 0 Å². The number of carbonyl (C=O) groups is 1. The average Bonchev–Trinajstić information content (AvgIpc) is 2.31. The molecule has 1 aromatic rings. The Kier molecular flexibility index (Phi) is 5.69. The smallest absolute Gasteiger partial charge is 0.227 e. The zero-order chi connectivity index (χ0) is 13.5. The third-order valence-corrected chi connectivity index (χ3v) is 2.80. The van der Waals surface area contributed by atoms with Gasteiger partial charge in [-0.15, -0.1) is 0 Å². The Bertz CT molecular complexity index is 371. The molecule has 18 heavy (non-hydrogen) atoms. The highest BCUT2D eigenvalue weighted by Crippen LogP contribution is 2.14. The molecule has 0 atom stereocenters. The van der Waals surface area contributed by atoms with E-state index in [-0.39, 0.29) is 11.7 Å². The van der Waals surface area contributed by atoms with Crippen LogP contribution < -0.4 is 5.32 Å². The maximum atomic E-state index is 11.8. The quantitative estimate of drug-likeness (QED) is 0.813. The zero-order valence-electron chi connectivity index (χ0n) is 11.4. The van der Waals surface area contributed by atoms with Crippen LogP contribution >= 0.6 is 0 Å². The van der Waals surface area contributed by atoms with Crippen molar-refractivity contribution in [1.82, 2.24) is 5.32 Å². The topological polar surface area (TPSA) is 49.3 Å². The first-order chi connectivity index (χ1) is 8.49. The minimum Gasteiger partial charge on any atom is -0.508 e. The molecule has 99 valence electrons. The van der Waals surface area contributed by atoms with Crippen molar-refractivity contribution in [3.8, 4) is 5.75 Å². The Balaban J connectivity index is 2.37. The molecule has 1 rings (SSSR count). The predicted molar refractivity (Wildman–Crippen MR) is 73.2 cm³/mol. The number of amides is 1. The molecule has 0 aromatic heterocycles. The molecule has 0 fully saturated rings. The highest BCUT2D eigenvalue weighted by atomic mass is 16.3. The monoisotopic (exact) mass is 248 g/mol. The molecule has 1 amide bonds. The molecular formula is C15H22NO2. The maximum absolute atomic E-state index is 11.8. The number of hydrogen-bond donors (Lipinski definition) is 2. The Morgan fingerprint density at radius 3 is 2.44 bits per heavy atom. The Labute approximate surface area is 109 Å². The van der Waals surface area contributed by atoms with Crippen LogP contribution in [0.4, 0.5) is 0 Å². The summed E-state index contributed by atoms with van der Waals surface area (Å²) < 4.78 is 0. The highest BCUT2D eigenvalue weighted by molar-refractivity contribution is 5.89. The Morgan fingerprint density at radius 1 is 1.28 bits per heavy atom. The van der Waals surface area contributed by atoms with Gasteiger partial charge >= 0.3 is 0 Å². The van der Waals surface area contributed by atoms with E-state index in [2.05, 4.69) is 19.2 Å². The van der Waals surface area contributed by atoms with E-state index in [4.69, 9.17) is 0 Å². The van der Waals surface area contributed by atoms with E-state index >= 15 is 0 Å². The molecule has 3 heteroatoms. The van der Waals surface area contributed by atoms with E-state index in [0.29, 0.717) is 12.3 Å². The van der Waals surface area contributed by atoms with Gasteiger partial charge in [0.1, 0.15) is 5.75 Å². The van der Waals surface area contributed by atoms with E-state index in [1.54, 1.807) is 12.1 Å². The lowest BCUT2D eigenvalue weighted by atomic mass is 10.00. The van der Waals surface area contributed by atoms with Gasteiger partial charge in [0.2, 0.25) is 5.91 Å². The van der Waals surface area contributed by atoms with Gasteiger partial charge in [-0.05, 0) is 43.4 Å². The SMILES string of the molecule is C[C](Cc1ccc(O)cc1)C(=O)NCCC(C)C. The van der Waals surface area contributed by atoms with Crippen molar-refractivity contribution in [2.24, 2.45) is 5.92 Å². The van der Waals surface area contributed by atoms with Crippen LogP contribution in [0.2, 0.25) is 0 Å². The molecule has 1 aromatic carbocycles. The minimum absolute atomic E-state index is 0.0173. The van der Waals surface area contributed by atoms with Crippen molar-refractivity contribution in [3.63, 3.8) is 0 Å². The van der Waals surface area contributed by atoms with E-state index in [1.807, 2.05) is 19.1 Å². The molecular weight excluding hydrogens is 226 g/mol. The van der Waals surface area contributed by atoms with Crippen LogP contribution in [0.5, 0.6) is 5.75 Å². The summed E-state index contributed by atoms with van der Waals surface area (Å²) in [6.45, 7) is 6.85. The summed E-state index contributed by atoms with van der Waals surface area (Å²) in [6.07, 6.45) is 1.62. The van der Waals surface area contributed by atoms with Gasteiger partial charge in [0.15, 0.2) is 0 Å². The number of rotatable bonds is 6. The number of nitrogens with one attached hydrogen (secondary N) is 1. The molecule has 0 saturated carbocycles. The van der Waals surface area contributed by atoms with Gasteiger partial charge in [0.25, 0.3) is 0 Å². The first-order valence-corrected chi connectivity index (χ1v) is 6.37. The van der Waals surface area contributed by atoms with E-state index in [9.17, 15) is 9.90 Å². The summed E-state index contributed by atoms with van der Waals surface area (Å²) in [4.78, 5) is 11.8. The standard InChI is InChI=1S/C15H22NO2/c1-11(2)8-9-16-15(18)12(3)10-13-4-6-14(17)7-5-13/h4-7,11,17H,8-10H2,1-3H3,(H,16,18). The third kappa shape index (κ3) is 5.21. The van der Waals surface area contributed by atoms with Crippen molar-refractivity contribution in [2.75, 3.05) is 6.54 Å². The molecule has 0 saturated heterocycles. The van der Waals surface area contributed by atoms with Crippen LogP contribution in [0.3, 0.4) is 0 Å². The first kappa shape index (κ1) is 14.6. The fourth-order valence-corrected chi connectivity index (χ4v) is 1.63. The van der Waals surface area contributed by atoms with Gasteiger partial charge in [0.05, 0.1) is 5.92 Å². The van der Waals surface area contributed by atoms with Crippen LogP contribution in [-0.4, -0.2) is 17.6 Å². The molecule has 0 spiro atoms. The molecule has 0 aliphatic carbocycles. The molecule has 0 aliphatic rings. The lowest BCUT2D eigenvalue weighted by Gasteiger charge is -2.12. The maximum Gasteiger partial charge on any atom is 0.227 e. The predicted octanol–water partition coefficient (Wildman–Crippen LogP) is 2.69. The van der Waals surface area contributed by atoms with Crippen molar-refractivity contribution < 1.29 is 9.90 Å². The molecule has 0 heterocycles. The molecule has 0 aliphatic heterocycles. The lowest BCUT2D eigenvalue weighted by molar-refractivity contribution is -0.119. The van der Waals surface area contributed by atoms with Gasteiger partial charge in [-0.3, -0.25) is 4.79 Å². The van der Waals surface area contributed by atoms with Gasteiger partial charge in [0, 0.05) is 6.54 Å². The summed E-state index contributed by atoms with van der Waals surface area (Å²) in [6, 6.07) is 6.94. The third-order valence-electron chi connectivity index (χ3n) is 2.80. The zero-order valence-corrected chi connectivity index (χ0v) is 11.4. The van der Waals surface area contributed by atoms with Crippen LogP contribution in [0.25, 0.3) is 0 Å². The number of hydrogen-bond acceptors (Lipinski definition) is 2. The van der Waals surface area contributed by atoms with Crippen molar-refractivity contribution in [3.05, 3.63) is 35.7 Å². The second-order valence-electron chi connectivity index (χ2n) is 5.06. The van der Waals surface area contributed by atoms with Crippen LogP contribution in [-0.2, 0) is 11.2 Å². The minimum atomic E-state index is 0.0173. The molecule has 2 N–H and O–H groups in total. The number of carbonyl (C=O) groups excluding carboxylic acids is 1. The van der Waals surface area contributed by atoms with Crippen LogP contribution in [0, 0.1) is 11.8 Å². The van der Waals surface area contributed by atoms with Crippen molar-refractivity contribution in [2.45, 2.75) is 33.6 Å². The fourth-order valence-electron chi connectivity index (χ4n) is 1.63. The Hall–Kier alpha value is -1.51. The van der Waals surface area contributed by atoms with Crippen molar-refractivity contribution >= 4 is 5.91 Å². The molecule has 0 bridgehead atoms. The van der Waals surface area contributed by atoms with Crippen LogP contribution in [0.1, 0.15) is 32.8 Å². The largest absolute Gasteiger partial charge is 0.508 e. The van der Waals surface area contributed by atoms with Gasteiger partial charge in [-0.25, -0.2) is 0 Å². The number of phenols is 1. The summed E-state index contributed by atoms with van der Waals surface area (Å²) in [5, 5.41) is 12.1. The molecule has 0 unspecified atom stereocenters. The van der Waals surface area contributed by atoms with E-state index < -0.39 is 0 Å². The lowest BCUT2D eigenvalue weighted by Crippen LogP contribution is -2.30. The molecule has 3 nitrogen and oxygen atoms in total. The second kappa shape index (κ2) is 7.04. The molecule has 1 radical (unpaired) electrons. The van der Waals surface area contributed by atoms with Gasteiger partial charge < -0.3 is 10.4 Å². The van der Waals surface area contributed by atoms with Gasteiger partial charge in [-0.1, -0.05) is 26.0 Å².